The minimum atomic E-state index is -1.12. The van der Waals surface area contributed by atoms with E-state index in [0.29, 0.717) is 5.82 Å². The summed E-state index contributed by atoms with van der Waals surface area (Å²) >= 11 is 0. The van der Waals surface area contributed by atoms with E-state index in [1.807, 2.05) is 44.2 Å². The molecule has 1 aromatic carbocycles. The fourth-order valence-corrected chi connectivity index (χ4v) is 3.88. The number of esters is 1. The first-order valence-corrected chi connectivity index (χ1v) is 13.8. The molecule has 3 atom stereocenters. The van der Waals surface area contributed by atoms with Crippen molar-refractivity contribution in [2.24, 2.45) is 11.7 Å². The first kappa shape index (κ1) is 33.5. The van der Waals surface area contributed by atoms with Gasteiger partial charge in [-0.2, -0.15) is 0 Å². The Morgan fingerprint density at radius 2 is 1.71 bits per heavy atom. The minimum absolute atomic E-state index is 0.00154. The van der Waals surface area contributed by atoms with Crippen LogP contribution in [0.15, 0.2) is 54.9 Å². The van der Waals surface area contributed by atoms with Gasteiger partial charge in [-0.25, -0.2) is 14.6 Å². The first-order valence-electron chi connectivity index (χ1n) is 13.8. The highest BCUT2D eigenvalue weighted by Crippen LogP contribution is 2.09. The Morgan fingerprint density at radius 3 is 2.33 bits per heavy atom. The van der Waals surface area contributed by atoms with E-state index in [1.165, 1.54) is 12.3 Å². The summed E-state index contributed by atoms with van der Waals surface area (Å²) < 4.78 is 10.2. The zero-order valence-corrected chi connectivity index (χ0v) is 24.1. The van der Waals surface area contributed by atoms with Gasteiger partial charge in [0.1, 0.15) is 24.5 Å². The number of ether oxygens (including phenoxy) is 2. The van der Waals surface area contributed by atoms with Crippen LogP contribution in [0.2, 0.25) is 0 Å². The molecule has 1 aromatic heterocycles. The molecule has 13 nitrogen and oxygen atoms in total. The number of nitrogens with one attached hydrogen (secondary N) is 4. The number of rotatable bonds is 17. The van der Waals surface area contributed by atoms with Gasteiger partial charge in [0.25, 0.3) is 0 Å². The maximum atomic E-state index is 13.4. The number of amides is 4. The van der Waals surface area contributed by atoms with Crippen LogP contribution in [0.1, 0.15) is 51.4 Å². The maximum absolute atomic E-state index is 13.4. The van der Waals surface area contributed by atoms with E-state index in [2.05, 4.69) is 25.9 Å². The average molecular weight is 585 g/mol. The molecular formula is C29H40N6O7. The van der Waals surface area contributed by atoms with Crippen molar-refractivity contribution in [3.05, 3.63) is 66.3 Å². The molecule has 4 amide bonds. The molecule has 42 heavy (non-hydrogen) atoms. The summed E-state index contributed by atoms with van der Waals surface area (Å²) in [5, 5.41) is 8.04. The molecule has 0 spiro atoms. The summed E-state index contributed by atoms with van der Waals surface area (Å²) in [4.78, 5) is 69.6. The predicted octanol–water partition coefficient (Wildman–Crippen LogP) is 1.65. The van der Waals surface area contributed by atoms with Crippen molar-refractivity contribution < 1.29 is 33.4 Å². The normalized spacial score (nSPS) is 13.1. The molecule has 0 unspecified atom stereocenters. The lowest BCUT2D eigenvalue weighted by Gasteiger charge is -2.25. The number of carbonyl (C=O) groups excluding carboxylic acids is 5. The van der Waals surface area contributed by atoms with Crippen LogP contribution in [0, 0.1) is 5.92 Å². The molecule has 0 radical (unpaired) electrons. The maximum Gasteiger partial charge on any atom is 0.408 e. The van der Waals surface area contributed by atoms with Crippen molar-refractivity contribution in [3.63, 3.8) is 0 Å². The Labute approximate surface area is 245 Å². The highest BCUT2D eigenvalue weighted by atomic mass is 16.5. The Morgan fingerprint density at radius 1 is 1.00 bits per heavy atom. The summed E-state index contributed by atoms with van der Waals surface area (Å²) in [5.41, 5.74) is 6.06. The largest absolute Gasteiger partial charge is 0.463 e. The number of nitrogens with two attached hydrogens (primary N) is 1. The van der Waals surface area contributed by atoms with Gasteiger partial charge in [-0.3, -0.25) is 14.4 Å². The van der Waals surface area contributed by atoms with Gasteiger partial charge in [-0.05, 0) is 31.2 Å². The summed E-state index contributed by atoms with van der Waals surface area (Å²) in [5.74, 6) is -1.93. The lowest BCUT2D eigenvalue weighted by Crippen LogP contribution is -2.55. The number of nitrogens with zero attached hydrogens (tertiary/aromatic N) is 1. The number of hydrogen-bond donors (Lipinski definition) is 5. The van der Waals surface area contributed by atoms with E-state index in [9.17, 15) is 24.0 Å². The number of primary amides is 1. The first-order chi connectivity index (χ1) is 20.1. The molecule has 0 saturated carbocycles. The van der Waals surface area contributed by atoms with Crippen molar-refractivity contribution in [2.75, 3.05) is 6.61 Å². The zero-order chi connectivity index (χ0) is 30.9. The molecular weight excluding hydrogens is 544 g/mol. The fourth-order valence-electron chi connectivity index (χ4n) is 3.88. The third kappa shape index (κ3) is 13.1. The number of aromatic nitrogens is 2. The van der Waals surface area contributed by atoms with Crippen molar-refractivity contribution >= 4 is 29.8 Å². The van der Waals surface area contributed by atoms with Gasteiger partial charge in [0.2, 0.25) is 17.7 Å². The third-order valence-electron chi connectivity index (χ3n) is 5.89. The molecule has 2 aromatic rings. The van der Waals surface area contributed by atoms with Crippen LogP contribution < -0.4 is 21.7 Å². The monoisotopic (exact) mass is 584 g/mol. The van der Waals surface area contributed by atoms with Gasteiger partial charge in [0.15, 0.2) is 0 Å². The highest BCUT2D eigenvalue weighted by molar-refractivity contribution is 5.91. The fraction of sp³-hybridized carbons (Fsp3) is 0.448. The number of hydrogen-bond acceptors (Lipinski definition) is 8. The van der Waals surface area contributed by atoms with Crippen molar-refractivity contribution in [1.82, 2.24) is 25.9 Å². The minimum Gasteiger partial charge on any atom is -0.463 e. The highest BCUT2D eigenvalue weighted by Gasteiger charge is 2.29. The average Bonchev–Trinajstić information content (AvgIpc) is 3.46. The Balaban J connectivity index is 2.17. The molecule has 228 valence electrons. The van der Waals surface area contributed by atoms with Gasteiger partial charge in [0, 0.05) is 37.4 Å². The predicted molar refractivity (Wildman–Crippen MR) is 153 cm³/mol. The smallest absolute Gasteiger partial charge is 0.408 e. The second kappa shape index (κ2) is 17.9. The summed E-state index contributed by atoms with van der Waals surface area (Å²) in [7, 11) is 0. The number of carbonyl (C=O) groups is 5. The van der Waals surface area contributed by atoms with Gasteiger partial charge in [0.05, 0.1) is 6.61 Å². The Kier molecular flexibility index (Phi) is 14.3. The number of H-pyrrole nitrogens is 1. The van der Waals surface area contributed by atoms with Crippen LogP contribution in [-0.4, -0.2) is 64.5 Å². The number of imidazole rings is 1. The van der Waals surface area contributed by atoms with Crippen molar-refractivity contribution in [1.29, 1.82) is 0 Å². The van der Waals surface area contributed by atoms with E-state index in [0.717, 1.165) is 11.6 Å². The number of benzene rings is 1. The topological polar surface area (TPSA) is 195 Å². The standard InChI is InChI=1S/C29H40N6O7/c1-4-41-26(37)13-11-21(10-12-24(30)36)33-27(38)23(17-25-31-14-15-32-25)34-28(39)22(16-19(2)3)35-29(40)42-18-20-8-6-5-7-9-20/h5-9,11,13-15,19,21-23H,4,10,12,16-18H2,1-3H3,(H2,30,36)(H,31,32)(H,33,38)(H,34,39)(H,35,40)/b13-11+/t21-,22-,23-/m0/s1. The van der Waals surface area contributed by atoms with Gasteiger partial charge >= 0.3 is 12.1 Å². The Bertz CT molecular complexity index is 1180. The summed E-state index contributed by atoms with van der Waals surface area (Å²) in [6.07, 6.45) is 5.21. The van der Waals surface area contributed by atoms with Crippen molar-refractivity contribution in [2.45, 2.75) is 71.2 Å². The van der Waals surface area contributed by atoms with E-state index >= 15 is 0 Å². The van der Waals surface area contributed by atoms with Crippen LogP contribution in [0.25, 0.3) is 0 Å². The van der Waals surface area contributed by atoms with Gasteiger partial charge < -0.3 is 36.1 Å². The second-order valence-electron chi connectivity index (χ2n) is 9.92. The third-order valence-corrected chi connectivity index (χ3v) is 5.89. The summed E-state index contributed by atoms with van der Waals surface area (Å²) in [6, 6.07) is 6.23. The number of aromatic amines is 1. The lowest BCUT2D eigenvalue weighted by molar-refractivity contribution is -0.137. The molecule has 0 saturated heterocycles. The summed E-state index contributed by atoms with van der Waals surface area (Å²) in [6.45, 7) is 5.64. The van der Waals surface area contributed by atoms with E-state index in [-0.39, 0.29) is 44.8 Å². The van der Waals surface area contributed by atoms with E-state index in [1.54, 1.807) is 13.1 Å². The van der Waals surface area contributed by atoms with Crippen LogP contribution >= 0.6 is 0 Å². The molecule has 0 fully saturated rings. The quantitative estimate of drug-likeness (QED) is 0.137. The van der Waals surface area contributed by atoms with E-state index < -0.39 is 47.9 Å². The molecule has 0 aliphatic rings. The molecule has 0 aliphatic carbocycles. The van der Waals surface area contributed by atoms with Gasteiger partial charge in [-0.15, -0.1) is 0 Å². The van der Waals surface area contributed by atoms with Gasteiger partial charge in [-0.1, -0.05) is 50.3 Å². The van der Waals surface area contributed by atoms with Crippen LogP contribution in [0.4, 0.5) is 4.79 Å². The molecule has 2 rings (SSSR count). The van der Waals surface area contributed by atoms with Crippen LogP contribution in [-0.2, 0) is 41.7 Å². The zero-order valence-electron chi connectivity index (χ0n) is 24.1. The van der Waals surface area contributed by atoms with E-state index in [4.69, 9.17) is 15.2 Å². The molecule has 13 heteroatoms. The van der Waals surface area contributed by atoms with Crippen molar-refractivity contribution in [3.8, 4) is 0 Å². The molecule has 6 N–H and O–H groups in total. The number of alkyl carbamates (subject to hydrolysis) is 1. The second-order valence-corrected chi connectivity index (χ2v) is 9.92. The van der Waals surface area contributed by atoms with Crippen LogP contribution in [0.5, 0.6) is 0 Å². The lowest BCUT2D eigenvalue weighted by atomic mass is 10.0. The SMILES string of the molecule is CCOC(=O)/C=C/[C@H](CCC(N)=O)NC(=O)[C@H](Cc1ncc[nH]1)NC(=O)[C@H](CC(C)C)NC(=O)OCc1ccccc1. The van der Waals surface area contributed by atoms with Crippen LogP contribution in [0.3, 0.4) is 0 Å². The Hall–Kier alpha value is -4.68. The molecule has 1 heterocycles. The molecule has 0 aliphatic heterocycles. The molecule has 0 bridgehead atoms.